The van der Waals surface area contributed by atoms with Crippen LogP contribution in [0.2, 0.25) is 0 Å². The van der Waals surface area contributed by atoms with E-state index in [4.69, 9.17) is 16.7 Å². The van der Waals surface area contributed by atoms with Crippen LogP contribution in [0.15, 0.2) is 36.4 Å². The molecule has 1 saturated heterocycles. The van der Waals surface area contributed by atoms with Crippen molar-refractivity contribution in [3.05, 3.63) is 53.1 Å². The van der Waals surface area contributed by atoms with Crippen LogP contribution in [0.1, 0.15) is 49.3 Å². The van der Waals surface area contributed by atoms with E-state index in [2.05, 4.69) is 23.3 Å². The maximum Gasteiger partial charge on any atom is 0.123 e. The number of nitrogens with two attached hydrogens (primary N) is 3. The highest BCUT2D eigenvalue weighted by atomic mass is 16.4. The molecule has 2 aromatic carbocycles. The summed E-state index contributed by atoms with van der Waals surface area (Å²) in [7, 11) is 0. The highest BCUT2D eigenvalue weighted by molar-refractivity contribution is 5.46. The summed E-state index contributed by atoms with van der Waals surface area (Å²) in [5.74, 6) is 4.78. The van der Waals surface area contributed by atoms with Gasteiger partial charge in [0.2, 0.25) is 0 Å². The largest absolute Gasteiger partial charge is 0.508 e. The molecule has 1 aliphatic rings. The van der Waals surface area contributed by atoms with Gasteiger partial charge >= 0.3 is 0 Å². The van der Waals surface area contributed by atoms with Gasteiger partial charge in [-0.2, -0.15) is 0 Å². The number of phenolic OH excluding ortho intramolecular Hbond substituents is 2. The molecule has 0 aromatic heterocycles. The molecular weight excluding hydrogens is 368 g/mol. The van der Waals surface area contributed by atoms with Gasteiger partial charge in [-0.1, -0.05) is 26.0 Å². The fraction of sp³-hybridized carbons (Fsp3) is 0.455. The van der Waals surface area contributed by atoms with Crippen molar-refractivity contribution in [3.63, 3.8) is 0 Å². The number of anilines is 1. The number of aromatic hydroxyl groups is 2. The molecule has 0 amide bonds. The van der Waals surface area contributed by atoms with E-state index in [0.29, 0.717) is 5.56 Å². The summed E-state index contributed by atoms with van der Waals surface area (Å²) < 4.78 is 0. The van der Waals surface area contributed by atoms with Crippen molar-refractivity contribution >= 4 is 5.69 Å². The molecule has 0 saturated carbocycles. The molecule has 0 unspecified atom stereocenters. The molecule has 29 heavy (non-hydrogen) atoms. The molecule has 3 rings (SSSR count). The highest BCUT2D eigenvalue weighted by Gasteiger charge is 2.13. The molecule has 1 aliphatic heterocycles. The van der Waals surface area contributed by atoms with E-state index >= 15 is 0 Å². The Labute approximate surface area is 173 Å². The quantitative estimate of drug-likeness (QED) is 0.306. The zero-order chi connectivity index (χ0) is 21.8. The first kappa shape index (κ1) is 24.7. The first-order valence-corrected chi connectivity index (χ1v) is 9.96. The summed E-state index contributed by atoms with van der Waals surface area (Å²) >= 11 is 0. The molecular formula is C22H36N4O3. The predicted octanol–water partition coefficient (Wildman–Crippen LogP) is 2.83. The average Bonchev–Trinajstić information content (AvgIpc) is 2.72. The van der Waals surface area contributed by atoms with E-state index in [9.17, 15) is 10.2 Å². The van der Waals surface area contributed by atoms with Crippen molar-refractivity contribution < 1.29 is 15.4 Å². The third-order valence-corrected chi connectivity index (χ3v) is 5.03. The van der Waals surface area contributed by atoms with Crippen LogP contribution in [-0.2, 0) is 13.0 Å². The van der Waals surface area contributed by atoms with E-state index in [1.807, 2.05) is 26.0 Å². The second kappa shape index (κ2) is 13.0. The number of piperidine rings is 1. The number of phenols is 2. The monoisotopic (exact) mass is 404 g/mol. The van der Waals surface area contributed by atoms with Crippen LogP contribution >= 0.6 is 0 Å². The Morgan fingerprint density at radius 2 is 1.59 bits per heavy atom. The van der Waals surface area contributed by atoms with Crippen molar-refractivity contribution in [3.8, 4) is 11.5 Å². The van der Waals surface area contributed by atoms with Crippen LogP contribution in [0.5, 0.6) is 11.5 Å². The smallest absolute Gasteiger partial charge is 0.123 e. The normalized spacial score (nSPS) is 13.9. The fourth-order valence-corrected chi connectivity index (χ4v) is 3.34. The summed E-state index contributed by atoms with van der Waals surface area (Å²) in [6, 6.07) is 11.4. The number of nitrogens with one attached hydrogen (secondary N) is 1. The zero-order valence-electron chi connectivity index (χ0n) is 17.4. The molecule has 7 nitrogen and oxygen atoms in total. The molecule has 2 aromatic rings. The minimum absolute atomic E-state index is 0.0596. The summed E-state index contributed by atoms with van der Waals surface area (Å²) in [4.78, 5) is 0. The van der Waals surface area contributed by atoms with Gasteiger partial charge in [0.25, 0.3) is 0 Å². The molecule has 0 atom stereocenters. The average molecular weight is 405 g/mol. The van der Waals surface area contributed by atoms with E-state index in [1.54, 1.807) is 6.07 Å². The molecule has 0 radical (unpaired) electrons. The van der Waals surface area contributed by atoms with E-state index in [1.165, 1.54) is 44.0 Å². The number of hydrogen-bond donors (Lipinski definition) is 7. The Morgan fingerprint density at radius 1 is 1.00 bits per heavy atom. The molecule has 1 fully saturated rings. The van der Waals surface area contributed by atoms with Gasteiger partial charge in [0.1, 0.15) is 11.5 Å². The molecule has 0 spiro atoms. The standard InChI is InChI=1S/C12H18N2.C10H15NO2.H3NO/c13-12-3-1-10(2-4-12)9-11-5-7-14-8-6-11;1-6(2)8-3-7(5-11)9(12)4-10(8)13;1-2/h1-4,11,14H,5-9,13H2;3-4,6,12-13H,5,11H2,1-2H3;2H,1H2. The van der Waals surface area contributed by atoms with Crippen molar-refractivity contribution in [1.29, 1.82) is 0 Å². The second-order valence-electron chi connectivity index (χ2n) is 7.54. The predicted molar refractivity (Wildman–Crippen MR) is 118 cm³/mol. The lowest BCUT2D eigenvalue weighted by molar-refractivity contribution is 0.311. The molecule has 7 heteroatoms. The second-order valence-corrected chi connectivity index (χ2v) is 7.54. The maximum atomic E-state index is 9.48. The van der Waals surface area contributed by atoms with Crippen molar-refractivity contribution in [2.24, 2.45) is 17.5 Å². The van der Waals surface area contributed by atoms with Gasteiger partial charge < -0.3 is 32.2 Å². The van der Waals surface area contributed by atoms with Gasteiger partial charge in [0, 0.05) is 23.9 Å². The highest BCUT2D eigenvalue weighted by Crippen LogP contribution is 2.31. The fourth-order valence-electron chi connectivity index (χ4n) is 3.34. The van der Waals surface area contributed by atoms with E-state index in [0.717, 1.165) is 17.2 Å². The zero-order valence-corrected chi connectivity index (χ0v) is 17.4. The van der Waals surface area contributed by atoms with Crippen LogP contribution in [0.3, 0.4) is 0 Å². The maximum absolute atomic E-state index is 9.48. The summed E-state index contributed by atoms with van der Waals surface area (Å²) in [6.45, 7) is 6.60. The summed E-state index contributed by atoms with van der Waals surface area (Å²) in [5.41, 5.74) is 14.8. The van der Waals surface area contributed by atoms with Gasteiger partial charge in [-0.05, 0) is 73.5 Å². The number of benzene rings is 2. The third-order valence-electron chi connectivity index (χ3n) is 5.03. The van der Waals surface area contributed by atoms with Crippen LogP contribution in [0.4, 0.5) is 5.69 Å². The molecule has 1 heterocycles. The molecule has 10 N–H and O–H groups in total. The number of rotatable bonds is 4. The van der Waals surface area contributed by atoms with Gasteiger partial charge in [0.15, 0.2) is 0 Å². The van der Waals surface area contributed by atoms with Gasteiger partial charge in [-0.25, -0.2) is 5.90 Å². The van der Waals surface area contributed by atoms with Crippen LogP contribution in [0, 0.1) is 5.92 Å². The van der Waals surface area contributed by atoms with Crippen molar-refractivity contribution in [2.75, 3.05) is 18.8 Å². The van der Waals surface area contributed by atoms with Crippen LogP contribution in [0.25, 0.3) is 0 Å². The third kappa shape index (κ3) is 8.29. The van der Waals surface area contributed by atoms with Crippen molar-refractivity contribution in [1.82, 2.24) is 5.32 Å². The van der Waals surface area contributed by atoms with E-state index in [-0.39, 0.29) is 24.0 Å². The SMILES string of the molecule is CC(C)c1cc(CN)c(O)cc1O.NO.Nc1ccc(CC2CCNCC2)cc1. The number of hydrogen-bond acceptors (Lipinski definition) is 7. The van der Waals surface area contributed by atoms with Gasteiger partial charge in [0.05, 0.1) is 0 Å². The lowest BCUT2D eigenvalue weighted by atomic mass is 9.91. The first-order chi connectivity index (χ1) is 13.9. The number of nitrogen functional groups attached to an aromatic ring is 1. The van der Waals surface area contributed by atoms with Crippen LogP contribution < -0.4 is 22.7 Å². The Bertz CT molecular complexity index is 715. The minimum atomic E-state index is 0.0596. The Balaban J connectivity index is 0.000000268. The first-order valence-electron chi connectivity index (χ1n) is 9.96. The lowest BCUT2D eigenvalue weighted by Gasteiger charge is -2.22. The lowest BCUT2D eigenvalue weighted by Crippen LogP contribution is -2.28. The Kier molecular flexibility index (Phi) is 11.1. The summed E-state index contributed by atoms with van der Waals surface area (Å²) in [6.07, 6.45) is 3.83. The Morgan fingerprint density at radius 3 is 2.10 bits per heavy atom. The van der Waals surface area contributed by atoms with Gasteiger partial charge in [-0.3, -0.25) is 0 Å². The molecule has 0 aliphatic carbocycles. The van der Waals surface area contributed by atoms with Gasteiger partial charge in [-0.15, -0.1) is 0 Å². The van der Waals surface area contributed by atoms with Crippen LogP contribution in [-0.4, -0.2) is 28.5 Å². The minimum Gasteiger partial charge on any atom is -0.508 e. The molecule has 0 bridgehead atoms. The molecule has 162 valence electrons. The topological polar surface area (TPSA) is 151 Å². The summed E-state index contributed by atoms with van der Waals surface area (Å²) in [5, 5.41) is 28.7. The Hall–Kier alpha value is -2.32. The van der Waals surface area contributed by atoms with E-state index < -0.39 is 0 Å². The van der Waals surface area contributed by atoms with Crippen molar-refractivity contribution in [2.45, 2.75) is 45.6 Å².